The first kappa shape index (κ1) is 15.1. The van der Waals surface area contributed by atoms with Crippen molar-refractivity contribution in [2.24, 2.45) is 0 Å². The highest BCUT2D eigenvalue weighted by Gasteiger charge is 2.26. The zero-order valence-electron chi connectivity index (χ0n) is 11.9. The number of rotatable bonds is 2. The zero-order chi connectivity index (χ0) is 14.2. The largest absolute Gasteiger partial charge is 0.344 e. The van der Waals surface area contributed by atoms with Crippen LogP contribution < -0.4 is 0 Å². The van der Waals surface area contributed by atoms with E-state index in [4.69, 9.17) is 12.2 Å². The Bertz CT molecular complexity index is 514. The maximum Gasteiger partial charge on any atom is 0.144 e. The summed E-state index contributed by atoms with van der Waals surface area (Å²) in [6.45, 7) is 7.45. The zero-order valence-corrected chi connectivity index (χ0v) is 14.3. The molecule has 1 aliphatic rings. The molecule has 0 radical (unpaired) electrons. The average Bonchev–Trinajstić information content (AvgIpc) is 2.35. The summed E-state index contributed by atoms with van der Waals surface area (Å²) in [6, 6.07) is 0.283. The van der Waals surface area contributed by atoms with Gasteiger partial charge < -0.3 is 9.88 Å². The van der Waals surface area contributed by atoms with Crippen LogP contribution in [0.5, 0.6) is 0 Å². The van der Waals surface area contributed by atoms with Crippen LogP contribution in [0.3, 0.4) is 0 Å². The molecule has 2 heterocycles. The van der Waals surface area contributed by atoms with E-state index in [1.807, 2.05) is 0 Å². The molecule has 0 saturated carbocycles. The van der Waals surface area contributed by atoms with E-state index in [-0.39, 0.29) is 6.04 Å². The fraction of sp³-hybridized carbons (Fsp3) is 0.692. The molecule has 0 aliphatic carbocycles. The number of nitrogens with one attached hydrogen (secondary N) is 1. The molecule has 6 heteroatoms. The van der Waals surface area contributed by atoms with E-state index in [0.29, 0.717) is 10.6 Å². The van der Waals surface area contributed by atoms with Crippen molar-refractivity contribution < 1.29 is 0 Å². The van der Waals surface area contributed by atoms with Gasteiger partial charge in [-0.25, -0.2) is 4.98 Å². The molecule has 1 N–H and O–H groups in total. The van der Waals surface area contributed by atoms with E-state index in [0.717, 1.165) is 35.6 Å². The molecule has 1 fully saturated rings. The van der Waals surface area contributed by atoms with Gasteiger partial charge in [0.05, 0.1) is 10.5 Å². The lowest BCUT2D eigenvalue weighted by Crippen LogP contribution is -2.45. The molecule has 19 heavy (non-hydrogen) atoms. The smallest absolute Gasteiger partial charge is 0.144 e. The van der Waals surface area contributed by atoms with E-state index in [9.17, 15) is 0 Å². The van der Waals surface area contributed by atoms with Gasteiger partial charge in [0.2, 0.25) is 0 Å². The van der Waals surface area contributed by atoms with Gasteiger partial charge in [0.15, 0.2) is 0 Å². The van der Waals surface area contributed by atoms with Gasteiger partial charge in [-0.05, 0) is 35.9 Å². The lowest BCUT2D eigenvalue weighted by molar-refractivity contribution is 0.109. The molecule has 1 aromatic rings. The van der Waals surface area contributed by atoms with Crippen LogP contribution in [-0.2, 0) is 0 Å². The van der Waals surface area contributed by atoms with E-state index in [2.05, 4.69) is 63.6 Å². The van der Waals surface area contributed by atoms with Gasteiger partial charge in [0.25, 0.3) is 0 Å². The van der Waals surface area contributed by atoms with Crippen LogP contribution in [-0.4, -0.2) is 53.5 Å². The van der Waals surface area contributed by atoms with Crippen molar-refractivity contribution in [3.8, 4) is 0 Å². The predicted octanol–water partition coefficient (Wildman–Crippen LogP) is 2.94. The van der Waals surface area contributed by atoms with Crippen molar-refractivity contribution >= 4 is 28.1 Å². The number of likely N-dealkylation sites (N-methyl/N-ethyl adjacent to an activating group) is 2. The van der Waals surface area contributed by atoms with Crippen LogP contribution in [0.1, 0.15) is 37.3 Å². The second-order valence-corrected chi connectivity index (χ2v) is 6.75. The van der Waals surface area contributed by atoms with Crippen LogP contribution in [0.4, 0.5) is 0 Å². The van der Waals surface area contributed by atoms with E-state index in [1.165, 1.54) is 0 Å². The van der Waals surface area contributed by atoms with Crippen molar-refractivity contribution in [1.29, 1.82) is 0 Å². The third kappa shape index (κ3) is 3.24. The number of piperazine rings is 1. The monoisotopic (exact) mass is 344 g/mol. The highest BCUT2D eigenvalue weighted by atomic mass is 79.9. The fourth-order valence-electron chi connectivity index (χ4n) is 2.36. The van der Waals surface area contributed by atoms with Crippen molar-refractivity contribution in [2.75, 3.05) is 33.7 Å². The molecule has 1 aliphatic heterocycles. The number of aromatic amines is 1. The van der Waals surface area contributed by atoms with Crippen LogP contribution in [0, 0.1) is 4.64 Å². The van der Waals surface area contributed by atoms with Crippen molar-refractivity contribution in [3.63, 3.8) is 0 Å². The molecule has 4 nitrogen and oxygen atoms in total. The number of nitrogens with zero attached hydrogens (tertiary/aromatic N) is 3. The molecule has 0 spiro atoms. The first-order chi connectivity index (χ1) is 8.90. The summed E-state index contributed by atoms with van der Waals surface area (Å²) in [5.41, 5.74) is 1.14. The molecule has 1 unspecified atom stereocenters. The van der Waals surface area contributed by atoms with Gasteiger partial charge in [-0.1, -0.05) is 26.1 Å². The molecular formula is C13H21BrN4S. The summed E-state index contributed by atoms with van der Waals surface area (Å²) in [7, 11) is 4.30. The third-order valence-corrected chi connectivity index (χ3v) is 5.01. The summed E-state index contributed by atoms with van der Waals surface area (Å²) >= 11 is 8.92. The fourth-order valence-corrected chi connectivity index (χ4v) is 3.21. The SMILES string of the molecule is CC(C)c1[nH]c(C2CN(C)CCN2C)nc(=S)c1Br. The Hall–Kier alpha value is -0.300. The molecule has 1 atom stereocenters. The third-order valence-electron chi connectivity index (χ3n) is 3.65. The van der Waals surface area contributed by atoms with Crippen LogP contribution in [0.25, 0.3) is 0 Å². The summed E-state index contributed by atoms with van der Waals surface area (Å²) in [4.78, 5) is 12.7. The minimum absolute atomic E-state index is 0.283. The number of hydrogen-bond acceptors (Lipinski definition) is 4. The van der Waals surface area contributed by atoms with E-state index < -0.39 is 0 Å². The number of hydrogen-bond donors (Lipinski definition) is 1. The Morgan fingerprint density at radius 3 is 2.68 bits per heavy atom. The maximum absolute atomic E-state index is 5.37. The standard InChI is InChI=1S/C13H21BrN4S/c1-8(2)11-10(14)13(19)16-12(15-11)9-7-17(3)5-6-18(9)4/h8-9H,5-7H2,1-4H3,(H,15,16,19). The lowest BCUT2D eigenvalue weighted by atomic mass is 10.1. The second-order valence-electron chi connectivity index (χ2n) is 5.57. The topological polar surface area (TPSA) is 35.2 Å². The molecule has 1 saturated heterocycles. The molecule has 106 valence electrons. The molecular weight excluding hydrogens is 324 g/mol. The second kappa shape index (κ2) is 5.99. The molecule has 0 bridgehead atoms. The molecule has 1 aromatic heterocycles. The minimum atomic E-state index is 0.283. The number of aromatic nitrogens is 2. The molecule has 0 aromatic carbocycles. The van der Waals surface area contributed by atoms with Gasteiger partial charge in [0.1, 0.15) is 10.5 Å². The molecule has 2 rings (SSSR count). The van der Waals surface area contributed by atoms with Crippen molar-refractivity contribution in [1.82, 2.24) is 19.8 Å². The van der Waals surface area contributed by atoms with Gasteiger partial charge in [-0.15, -0.1) is 0 Å². The highest BCUT2D eigenvalue weighted by molar-refractivity contribution is 9.10. The van der Waals surface area contributed by atoms with Gasteiger partial charge in [-0.2, -0.15) is 0 Å². The first-order valence-corrected chi connectivity index (χ1v) is 7.78. The van der Waals surface area contributed by atoms with Crippen LogP contribution in [0.2, 0.25) is 0 Å². The first-order valence-electron chi connectivity index (χ1n) is 6.58. The van der Waals surface area contributed by atoms with Gasteiger partial charge in [0, 0.05) is 25.3 Å². The Labute approximate surface area is 128 Å². The Kier molecular flexibility index (Phi) is 4.76. The van der Waals surface area contributed by atoms with Crippen LogP contribution >= 0.6 is 28.1 Å². The number of H-pyrrole nitrogens is 1. The van der Waals surface area contributed by atoms with Crippen molar-refractivity contribution in [3.05, 3.63) is 20.6 Å². The predicted molar refractivity (Wildman–Crippen MR) is 84.1 cm³/mol. The summed E-state index contributed by atoms with van der Waals surface area (Å²) in [5, 5.41) is 0. The van der Waals surface area contributed by atoms with E-state index in [1.54, 1.807) is 0 Å². The van der Waals surface area contributed by atoms with Gasteiger partial charge >= 0.3 is 0 Å². The number of halogens is 1. The molecule has 0 amide bonds. The Balaban J connectivity index is 2.42. The highest BCUT2D eigenvalue weighted by Crippen LogP contribution is 2.27. The Morgan fingerprint density at radius 2 is 2.05 bits per heavy atom. The maximum atomic E-state index is 5.37. The Morgan fingerprint density at radius 1 is 1.37 bits per heavy atom. The summed E-state index contributed by atoms with van der Waals surface area (Å²) in [6.07, 6.45) is 0. The normalized spacial score (nSPS) is 22.1. The summed E-state index contributed by atoms with van der Waals surface area (Å²) in [5.74, 6) is 1.37. The van der Waals surface area contributed by atoms with E-state index >= 15 is 0 Å². The minimum Gasteiger partial charge on any atom is -0.344 e. The van der Waals surface area contributed by atoms with Gasteiger partial charge in [-0.3, -0.25) is 4.90 Å². The van der Waals surface area contributed by atoms with Crippen LogP contribution in [0.15, 0.2) is 4.47 Å². The summed E-state index contributed by atoms with van der Waals surface area (Å²) < 4.78 is 1.58. The van der Waals surface area contributed by atoms with Crippen molar-refractivity contribution in [2.45, 2.75) is 25.8 Å². The lowest BCUT2D eigenvalue weighted by Gasteiger charge is -2.37. The average molecular weight is 345 g/mol. The quantitative estimate of drug-likeness (QED) is 0.836.